The van der Waals surface area contributed by atoms with Crippen LogP contribution in [0.1, 0.15) is 11.1 Å². The molecule has 0 aliphatic heterocycles. The second kappa shape index (κ2) is 4.75. The van der Waals surface area contributed by atoms with Crippen molar-refractivity contribution in [3.63, 3.8) is 0 Å². The van der Waals surface area contributed by atoms with Crippen LogP contribution in [0.2, 0.25) is 0 Å². The van der Waals surface area contributed by atoms with Crippen molar-refractivity contribution in [3.8, 4) is 11.1 Å². The van der Waals surface area contributed by atoms with E-state index in [1.807, 2.05) is 0 Å². The minimum absolute atomic E-state index is 0.689. The van der Waals surface area contributed by atoms with E-state index in [0.29, 0.717) is 6.54 Å². The predicted molar refractivity (Wildman–Crippen MR) is 69.9 cm³/mol. The molecule has 2 aromatic carbocycles. The molecular weight excluding hydrogens is 194 g/mol. The monoisotopic (exact) mass is 209 g/mol. The van der Waals surface area contributed by atoms with Gasteiger partial charge in [0.05, 0.1) is 6.54 Å². The Morgan fingerprint density at radius 1 is 1.00 bits per heavy atom. The van der Waals surface area contributed by atoms with Crippen LogP contribution in [0.3, 0.4) is 0 Å². The average molecular weight is 209 g/mol. The van der Waals surface area contributed by atoms with Gasteiger partial charge in [0.15, 0.2) is 0 Å². The van der Waals surface area contributed by atoms with Crippen LogP contribution < -0.4 is 0 Å². The zero-order valence-corrected chi connectivity index (χ0v) is 9.48. The van der Waals surface area contributed by atoms with Crippen molar-refractivity contribution in [2.75, 3.05) is 0 Å². The summed E-state index contributed by atoms with van der Waals surface area (Å²) in [5, 5.41) is 0. The van der Waals surface area contributed by atoms with Crippen LogP contribution in [0.15, 0.2) is 53.5 Å². The van der Waals surface area contributed by atoms with Gasteiger partial charge >= 0.3 is 0 Å². The standard InChI is InChI=1S/C15H15N/c1-12-4-3-5-15(10-12)14-8-6-13(7-9-14)11-16-2/h3-10H,2,11H2,1H3. The van der Waals surface area contributed by atoms with E-state index in [9.17, 15) is 0 Å². The molecule has 0 amide bonds. The van der Waals surface area contributed by atoms with E-state index in [2.05, 4.69) is 67.2 Å². The molecule has 0 radical (unpaired) electrons. The van der Waals surface area contributed by atoms with Crippen LogP contribution in [-0.2, 0) is 6.54 Å². The number of aryl methyl sites for hydroxylation is 1. The molecule has 0 heterocycles. The first-order chi connectivity index (χ1) is 7.79. The minimum atomic E-state index is 0.689. The Kier molecular flexibility index (Phi) is 3.16. The van der Waals surface area contributed by atoms with Gasteiger partial charge in [0.1, 0.15) is 0 Å². The van der Waals surface area contributed by atoms with E-state index < -0.39 is 0 Å². The summed E-state index contributed by atoms with van der Waals surface area (Å²) in [6.07, 6.45) is 0. The highest BCUT2D eigenvalue weighted by atomic mass is 14.7. The molecule has 0 aliphatic carbocycles. The molecule has 0 aliphatic rings. The Morgan fingerprint density at radius 2 is 1.75 bits per heavy atom. The van der Waals surface area contributed by atoms with E-state index in [1.54, 1.807) is 0 Å². The fourth-order valence-electron chi connectivity index (χ4n) is 1.76. The van der Waals surface area contributed by atoms with E-state index >= 15 is 0 Å². The van der Waals surface area contributed by atoms with Crippen molar-refractivity contribution < 1.29 is 0 Å². The van der Waals surface area contributed by atoms with Gasteiger partial charge in [-0.1, -0.05) is 54.1 Å². The van der Waals surface area contributed by atoms with Gasteiger partial charge in [-0.05, 0) is 30.3 Å². The van der Waals surface area contributed by atoms with Gasteiger partial charge < -0.3 is 0 Å². The van der Waals surface area contributed by atoms with Crippen LogP contribution in [0, 0.1) is 6.92 Å². The summed E-state index contributed by atoms with van der Waals surface area (Å²) < 4.78 is 0. The Labute approximate surface area is 96.5 Å². The summed E-state index contributed by atoms with van der Waals surface area (Å²) in [5.41, 5.74) is 5.00. The first kappa shape index (κ1) is 10.6. The highest BCUT2D eigenvalue weighted by Crippen LogP contribution is 2.20. The lowest BCUT2D eigenvalue weighted by Gasteiger charge is -2.04. The van der Waals surface area contributed by atoms with Gasteiger partial charge in [0, 0.05) is 0 Å². The fraction of sp³-hybridized carbons (Fsp3) is 0.133. The second-order valence-corrected chi connectivity index (χ2v) is 3.95. The maximum absolute atomic E-state index is 3.87. The van der Waals surface area contributed by atoms with E-state index in [0.717, 1.165) is 0 Å². The lowest BCUT2D eigenvalue weighted by atomic mass is 10.0. The maximum Gasteiger partial charge on any atom is 0.0632 e. The fourth-order valence-corrected chi connectivity index (χ4v) is 1.76. The molecule has 0 N–H and O–H groups in total. The number of hydrogen-bond donors (Lipinski definition) is 0. The molecule has 0 atom stereocenters. The SMILES string of the molecule is C=NCc1ccc(-c2cccc(C)c2)cc1. The third-order valence-corrected chi connectivity index (χ3v) is 2.60. The van der Waals surface area contributed by atoms with Gasteiger partial charge in [-0.2, -0.15) is 0 Å². The second-order valence-electron chi connectivity index (χ2n) is 3.95. The van der Waals surface area contributed by atoms with Crippen LogP contribution in [0.5, 0.6) is 0 Å². The summed E-state index contributed by atoms with van der Waals surface area (Å²) in [5.74, 6) is 0. The molecule has 2 aromatic rings. The number of aliphatic imine (C=N–C) groups is 1. The Bertz CT molecular complexity index is 483. The molecule has 16 heavy (non-hydrogen) atoms. The molecule has 0 fully saturated rings. The summed E-state index contributed by atoms with van der Waals surface area (Å²) in [6.45, 7) is 6.30. The highest BCUT2D eigenvalue weighted by molar-refractivity contribution is 5.64. The molecule has 0 bridgehead atoms. The zero-order valence-electron chi connectivity index (χ0n) is 9.48. The molecule has 0 aromatic heterocycles. The zero-order chi connectivity index (χ0) is 11.4. The number of rotatable bonds is 3. The topological polar surface area (TPSA) is 12.4 Å². The number of benzene rings is 2. The molecule has 80 valence electrons. The lowest BCUT2D eigenvalue weighted by Crippen LogP contribution is -1.82. The Balaban J connectivity index is 2.31. The summed E-state index contributed by atoms with van der Waals surface area (Å²) in [4.78, 5) is 3.87. The average Bonchev–Trinajstić information content (AvgIpc) is 2.30. The van der Waals surface area contributed by atoms with Gasteiger partial charge in [-0.15, -0.1) is 0 Å². The van der Waals surface area contributed by atoms with E-state index in [-0.39, 0.29) is 0 Å². The molecule has 0 spiro atoms. The molecule has 1 heteroatoms. The van der Waals surface area contributed by atoms with Gasteiger partial charge in [0.2, 0.25) is 0 Å². The van der Waals surface area contributed by atoms with Gasteiger partial charge in [-0.25, -0.2) is 0 Å². The van der Waals surface area contributed by atoms with Crippen LogP contribution in [0.4, 0.5) is 0 Å². The molecule has 0 saturated carbocycles. The molecule has 0 unspecified atom stereocenters. The van der Waals surface area contributed by atoms with Gasteiger partial charge in [-0.3, -0.25) is 4.99 Å². The largest absolute Gasteiger partial charge is 0.296 e. The molecule has 2 rings (SSSR count). The van der Waals surface area contributed by atoms with Crippen LogP contribution >= 0.6 is 0 Å². The van der Waals surface area contributed by atoms with Crippen molar-refractivity contribution in [3.05, 3.63) is 59.7 Å². The van der Waals surface area contributed by atoms with Crippen molar-refractivity contribution in [1.29, 1.82) is 0 Å². The quantitative estimate of drug-likeness (QED) is 0.681. The van der Waals surface area contributed by atoms with Crippen LogP contribution in [0.25, 0.3) is 11.1 Å². The third-order valence-electron chi connectivity index (χ3n) is 2.60. The minimum Gasteiger partial charge on any atom is -0.296 e. The molecule has 0 saturated heterocycles. The van der Waals surface area contributed by atoms with Crippen molar-refractivity contribution >= 4 is 6.72 Å². The number of hydrogen-bond acceptors (Lipinski definition) is 1. The first-order valence-electron chi connectivity index (χ1n) is 5.38. The van der Waals surface area contributed by atoms with Gasteiger partial charge in [0.25, 0.3) is 0 Å². The normalized spacial score (nSPS) is 10.1. The Morgan fingerprint density at radius 3 is 2.38 bits per heavy atom. The van der Waals surface area contributed by atoms with Crippen molar-refractivity contribution in [2.24, 2.45) is 4.99 Å². The maximum atomic E-state index is 3.87. The predicted octanol–water partition coefficient (Wildman–Crippen LogP) is 3.86. The first-order valence-corrected chi connectivity index (χ1v) is 5.38. The highest BCUT2D eigenvalue weighted by Gasteiger charge is 1.97. The Hall–Kier alpha value is -1.89. The van der Waals surface area contributed by atoms with Crippen LogP contribution in [-0.4, -0.2) is 6.72 Å². The lowest BCUT2D eigenvalue weighted by molar-refractivity contribution is 1.08. The smallest absolute Gasteiger partial charge is 0.0632 e. The summed E-state index contributed by atoms with van der Waals surface area (Å²) >= 11 is 0. The molecule has 1 nitrogen and oxygen atoms in total. The third kappa shape index (κ3) is 2.37. The summed E-state index contributed by atoms with van der Waals surface area (Å²) in [7, 11) is 0. The van der Waals surface area contributed by atoms with E-state index in [1.165, 1.54) is 22.3 Å². The number of nitrogens with zero attached hydrogens (tertiary/aromatic N) is 1. The molecular formula is C15H15N. The van der Waals surface area contributed by atoms with E-state index in [4.69, 9.17) is 0 Å². The summed E-state index contributed by atoms with van der Waals surface area (Å²) in [6, 6.07) is 17.0. The van der Waals surface area contributed by atoms with Crippen molar-refractivity contribution in [2.45, 2.75) is 13.5 Å². The van der Waals surface area contributed by atoms with Crippen molar-refractivity contribution in [1.82, 2.24) is 0 Å².